The Hall–Kier alpha value is -2.77. The summed E-state index contributed by atoms with van der Waals surface area (Å²) in [6.45, 7) is 3.10. The van der Waals surface area contributed by atoms with Gasteiger partial charge in [-0.2, -0.15) is 0 Å². The molecule has 1 aliphatic carbocycles. The predicted octanol–water partition coefficient (Wildman–Crippen LogP) is 1.37. The van der Waals surface area contributed by atoms with Crippen molar-refractivity contribution < 1.29 is 28.6 Å². The van der Waals surface area contributed by atoms with Crippen LogP contribution in [0.3, 0.4) is 0 Å². The van der Waals surface area contributed by atoms with E-state index in [0.717, 1.165) is 18.4 Å². The van der Waals surface area contributed by atoms with Gasteiger partial charge >= 0.3 is 5.97 Å². The molecule has 8 nitrogen and oxygen atoms in total. The van der Waals surface area contributed by atoms with Crippen molar-refractivity contribution in [2.24, 2.45) is 5.16 Å². The van der Waals surface area contributed by atoms with Gasteiger partial charge in [0.2, 0.25) is 13.4 Å². The quantitative estimate of drug-likeness (QED) is 0.454. The van der Waals surface area contributed by atoms with Crippen molar-refractivity contribution in [3.05, 3.63) is 23.8 Å². The maximum atomic E-state index is 11.7. The summed E-state index contributed by atoms with van der Waals surface area (Å²) in [5.41, 5.74) is 1.36. The number of rotatable bonds is 7. The third-order valence-electron chi connectivity index (χ3n) is 3.78. The highest BCUT2D eigenvalue weighted by molar-refractivity contribution is 5.99. The van der Waals surface area contributed by atoms with Crippen molar-refractivity contribution in [2.75, 3.05) is 13.4 Å². The SMILES string of the molecule is C/C(=N/OCC(=O)O[C@H](C)C(=O)NC1CC1)c1ccc2c(c1)OCO2. The number of ether oxygens (including phenoxy) is 3. The molecule has 1 aromatic rings. The van der Waals surface area contributed by atoms with Crippen LogP contribution in [-0.4, -0.2) is 43.1 Å². The summed E-state index contributed by atoms with van der Waals surface area (Å²) >= 11 is 0. The second-order valence-electron chi connectivity index (χ2n) is 5.93. The number of nitrogens with one attached hydrogen (secondary N) is 1. The Morgan fingerprint density at radius 3 is 2.84 bits per heavy atom. The molecule has 1 aromatic carbocycles. The van der Waals surface area contributed by atoms with Crippen LogP contribution in [0.4, 0.5) is 0 Å². The summed E-state index contributed by atoms with van der Waals surface area (Å²) in [6.07, 6.45) is 1.10. The minimum absolute atomic E-state index is 0.198. The van der Waals surface area contributed by atoms with Crippen LogP contribution < -0.4 is 14.8 Å². The smallest absolute Gasteiger partial charge is 0.347 e. The van der Waals surface area contributed by atoms with Crippen molar-refractivity contribution in [3.63, 3.8) is 0 Å². The number of nitrogens with zero attached hydrogens (tertiary/aromatic N) is 1. The molecule has 1 heterocycles. The van der Waals surface area contributed by atoms with E-state index in [4.69, 9.17) is 19.0 Å². The van der Waals surface area contributed by atoms with Crippen molar-refractivity contribution in [2.45, 2.75) is 38.8 Å². The van der Waals surface area contributed by atoms with Crippen molar-refractivity contribution in [1.29, 1.82) is 0 Å². The average molecular weight is 348 g/mol. The number of esters is 1. The Morgan fingerprint density at radius 1 is 1.32 bits per heavy atom. The largest absolute Gasteiger partial charge is 0.454 e. The number of carbonyl (C=O) groups excluding carboxylic acids is 2. The number of carbonyl (C=O) groups is 2. The normalized spacial score (nSPS) is 17.0. The van der Waals surface area contributed by atoms with Gasteiger partial charge in [0.25, 0.3) is 5.91 Å². The number of oxime groups is 1. The molecule has 1 fully saturated rings. The van der Waals surface area contributed by atoms with Gasteiger partial charge in [-0.05, 0) is 44.9 Å². The fraction of sp³-hybridized carbons (Fsp3) is 0.471. The molecule has 0 spiro atoms. The molecular formula is C17H20N2O6. The lowest BCUT2D eigenvalue weighted by Gasteiger charge is -2.12. The maximum absolute atomic E-state index is 11.7. The average Bonchev–Trinajstić information content (AvgIpc) is 3.27. The lowest BCUT2D eigenvalue weighted by atomic mass is 10.1. The van der Waals surface area contributed by atoms with Crippen molar-refractivity contribution in [3.8, 4) is 11.5 Å². The second kappa shape index (κ2) is 7.42. The molecule has 1 aliphatic heterocycles. The molecule has 1 N–H and O–H groups in total. The molecule has 1 atom stereocenters. The summed E-state index contributed by atoms with van der Waals surface area (Å²) in [6, 6.07) is 5.61. The van der Waals surface area contributed by atoms with Gasteiger partial charge in [0, 0.05) is 11.6 Å². The molecule has 8 heteroatoms. The highest BCUT2D eigenvalue weighted by Crippen LogP contribution is 2.32. The minimum Gasteiger partial charge on any atom is -0.454 e. The third-order valence-corrected chi connectivity index (χ3v) is 3.78. The zero-order chi connectivity index (χ0) is 17.8. The first-order chi connectivity index (χ1) is 12.0. The predicted molar refractivity (Wildman–Crippen MR) is 87.4 cm³/mol. The standard InChI is InChI=1S/C17H20N2O6/c1-10(12-3-6-14-15(7-12)23-9-22-14)19-24-8-16(20)25-11(2)17(21)18-13-4-5-13/h3,6-7,11,13H,4-5,8-9H2,1-2H3,(H,18,21)/b19-10-/t11-/m1/s1. The van der Waals surface area contributed by atoms with E-state index in [0.29, 0.717) is 17.2 Å². The fourth-order valence-corrected chi connectivity index (χ4v) is 2.19. The summed E-state index contributed by atoms with van der Waals surface area (Å²) in [4.78, 5) is 28.4. The molecule has 25 heavy (non-hydrogen) atoms. The Labute approximate surface area is 145 Å². The van der Waals surface area contributed by atoms with E-state index in [1.165, 1.54) is 6.92 Å². The Balaban J connectivity index is 1.45. The van der Waals surface area contributed by atoms with Crippen LogP contribution in [0.25, 0.3) is 0 Å². The molecule has 0 bridgehead atoms. The van der Waals surface area contributed by atoms with Gasteiger partial charge in [-0.15, -0.1) is 0 Å². The Morgan fingerprint density at radius 2 is 2.08 bits per heavy atom. The van der Waals surface area contributed by atoms with Gasteiger partial charge in [0.1, 0.15) is 0 Å². The van der Waals surface area contributed by atoms with E-state index in [1.54, 1.807) is 19.1 Å². The Kier molecular flexibility index (Phi) is 5.06. The van der Waals surface area contributed by atoms with E-state index in [2.05, 4.69) is 10.5 Å². The van der Waals surface area contributed by atoms with Gasteiger partial charge in [0.05, 0.1) is 5.71 Å². The van der Waals surface area contributed by atoms with Crippen LogP contribution >= 0.6 is 0 Å². The lowest BCUT2D eigenvalue weighted by molar-refractivity contribution is -0.159. The van der Waals surface area contributed by atoms with E-state index < -0.39 is 12.1 Å². The topological polar surface area (TPSA) is 95.5 Å². The molecule has 0 unspecified atom stereocenters. The van der Waals surface area contributed by atoms with Crippen molar-refractivity contribution in [1.82, 2.24) is 5.32 Å². The first-order valence-electron chi connectivity index (χ1n) is 8.09. The van der Waals surface area contributed by atoms with Crippen LogP contribution in [0, 0.1) is 0 Å². The zero-order valence-corrected chi connectivity index (χ0v) is 14.1. The molecular weight excluding hydrogens is 328 g/mol. The van der Waals surface area contributed by atoms with Gasteiger partial charge in [-0.3, -0.25) is 4.79 Å². The van der Waals surface area contributed by atoms with Crippen molar-refractivity contribution >= 4 is 17.6 Å². The summed E-state index contributed by atoms with van der Waals surface area (Å²) in [5, 5.41) is 6.66. The molecule has 134 valence electrons. The summed E-state index contributed by atoms with van der Waals surface area (Å²) in [7, 11) is 0. The van der Waals surface area contributed by atoms with Crippen LogP contribution in [0.15, 0.2) is 23.4 Å². The molecule has 1 amide bonds. The Bertz CT molecular complexity index is 698. The van der Waals surface area contributed by atoms with Crippen LogP contribution in [-0.2, 0) is 19.2 Å². The first-order valence-corrected chi connectivity index (χ1v) is 8.09. The molecule has 0 saturated heterocycles. The number of benzene rings is 1. The fourth-order valence-electron chi connectivity index (χ4n) is 2.19. The molecule has 2 aliphatic rings. The van der Waals surface area contributed by atoms with Crippen LogP contribution in [0.5, 0.6) is 11.5 Å². The zero-order valence-electron chi connectivity index (χ0n) is 14.1. The van der Waals surface area contributed by atoms with Gasteiger partial charge < -0.3 is 24.4 Å². The van der Waals surface area contributed by atoms with E-state index in [1.807, 2.05) is 6.07 Å². The maximum Gasteiger partial charge on any atom is 0.347 e. The number of hydrogen-bond acceptors (Lipinski definition) is 7. The molecule has 1 saturated carbocycles. The van der Waals surface area contributed by atoms with E-state index >= 15 is 0 Å². The van der Waals surface area contributed by atoms with Gasteiger partial charge in [0.15, 0.2) is 17.6 Å². The number of amides is 1. The number of hydrogen-bond donors (Lipinski definition) is 1. The highest BCUT2D eigenvalue weighted by Gasteiger charge is 2.27. The lowest BCUT2D eigenvalue weighted by Crippen LogP contribution is -2.37. The second-order valence-corrected chi connectivity index (χ2v) is 5.93. The van der Waals surface area contributed by atoms with Gasteiger partial charge in [-0.1, -0.05) is 5.16 Å². The molecule has 0 radical (unpaired) electrons. The monoisotopic (exact) mass is 348 g/mol. The summed E-state index contributed by atoms with van der Waals surface area (Å²) in [5.74, 6) is 0.373. The highest BCUT2D eigenvalue weighted by atomic mass is 16.7. The number of fused-ring (bicyclic) bond motifs is 1. The van der Waals surface area contributed by atoms with Crippen LogP contribution in [0.1, 0.15) is 32.3 Å². The minimum atomic E-state index is -0.851. The molecule has 3 rings (SSSR count). The summed E-state index contributed by atoms with van der Waals surface area (Å²) < 4.78 is 15.5. The van der Waals surface area contributed by atoms with E-state index in [-0.39, 0.29) is 25.3 Å². The van der Waals surface area contributed by atoms with E-state index in [9.17, 15) is 9.59 Å². The van der Waals surface area contributed by atoms with Crippen LogP contribution in [0.2, 0.25) is 0 Å². The third kappa shape index (κ3) is 4.62. The van der Waals surface area contributed by atoms with Gasteiger partial charge in [-0.25, -0.2) is 4.79 Å². The first kappa shape index (κ1) is 17.1. The molecule has 0 aromatic heterocycles.